The number of hydrogen-bond donors (Lipinski definition) is 0. The summed E-state index contributed by atoms with van der Waals surface area (Å²) in [6, 6.07) is 61.5. The molecule has 55 heavy (non-hydrogen) atoms. The third kappa shape index (κ3) is 4.11. The van der Waals surface area contributed by atoms with Gasteiger partial charge in [0, 0.05) is 43.6 Å². The Morgan fingerprint density at radius 1 is 0.418 bits per heavy atom. The molecule has 0 fully saturated rings. The number of para-hydroxylation sites is 4. The van der Waals surface area contributed by atoms with Gasteiger partial charge in [-0.05, 0) is 81.6 Å². The van der Waals surface area contributed by atoms with E-state index in [9.17, 15) is 0 Å². The molecule has 3 aromatic heterocycles. The first-order valence-electron chi connectivity index (χ1n) is 19.0. The molecule has 258 valence electrons. The molecule has 8 aromatic carbocycles. The topological polar surface area (TPSA) is 35.6 Å². The van der Waals surface area contributed by atoms with E-state index >= 15 is 0 Å². The first-order valence-corrected chi connectivity index (χ1v) is 19.0. The van der Waals surface area contributed by atoms with Crippen LogP contribution < -0.4 is 0 Å². The molecule has 4 nitrogen and oxygen atoms in total. The summed E-state index contributed by atoms with van der Waals surface area (Å²) in [4.78, 5) is 11.0. The Morgan fingerprint density at radius 2 is 1.07 bits per heavy atom. The van der Waals surface area contributed by atoms with Gasteiger partial charge in [0.25, 0.3) is 0 Å². The zero-order chi connectivity index (χ0) is 36.4. The Kier molecular flexibility index (Phi) is 6.09. The van der Waals surface area contributed by atoms with E-state index in [0.29, 0.717) is 5.95 Å². The summed E-state index contributed by atoms with van der Waals surface area (Å²) >= 11 is 0. The molecular weight excluding hydrogens is 669 g/mol. The Bertz CT molecular complexity index is 3400. The summed E-state index contributed by atoms with van der Waals surface area (Å²) in [7, 11) is 0. The van der Waals surface area contributed by atoms with E-state index in [1.807, 2.05) is 0 Å². The summed E-state index contributed by atoms with van der Waals surface area (Å²) in [5, 5.41) is 8.44. The van der Waals surface area contributed by atoms with Crippen molar-refractivity contribution in [2.45, 2.75) is 19.3 Å². The lowest BCUT2D eigenvalue weighted by Crippen LogP contribution is -2.23. The molecule has 3 heterocycles. The van der Waals surface area contributed by atoms with Crippen molar-refractivity contribution < 1.29 is 0 Å². The van der Waals surface area contributed by atoms with Crippen molar-refractivity contribution in [3.05, 3.63) is 181 Å². The molecule has 0 atom stereocenters. The molecule has 0 saturated carbocycles. The average molecular weight is 703 g/mol. The first-order chi connectivity index (χ1) is 27.1. The van der Waals surface area contributed by atoms with E-state index in [2.05, 4.69) is 193 Å². The molecule has 4 heteroatoms. The van der Waals surface area contributed by atoms with Crippen molar-refractivity contribution in [2.24, 2.45) is 0 Å². The van der Waals surface area contributed by atoms with Crippen LogP contribution in [0.25, 0.3) is 99.3 Å². The van der Waals surface area contributed by atoms with Crippen LogP contribution in [0.15, 0.2) is 170 Å². The highest BCUT2D eigenvalue weighted by molar-refractivity contribution is 6.18. The minimum atomic E-state index is -0.212. The van der Waals surface area contributed by atoms with Crippen LogP contribution in [0, 0.1) is 0 Å². The third-order valence-electron chi connectivity index (χ3n) is 12.1. The van der Waals surface area contributed by atoms with Crippen LogP contribution in [-0.4, -0.2) is 19.1 Å². The van der Waals surface area contributed by atoms with Crippen LogP contribution in [0.3, 0.4) is 0 Å². The lowest BCUT2D eigenvalue weighted by Gasteiger charge is -2.35. The third-order valence-corrected chi connectivity index (χ3v) is 12.1. The molecule has 11 aromatic rings. The zero-order valence-corrected chi connectivity index (χ0v) is 30.5. The normalized spacial score (nSPS) is 13.4. The van der Waals surface area contributed by atoms with Gasteiger partial charge in [-0.15, -0.1) is 0 Å². The zero-order valence-electron chi connectivity index (χ0n) is 30.5. The maximum Gasteiger partial charge on any atom is 0.235 e. The number of aromatic nitrogens is 4. The van der Waals surface area contributed by atoms with Gasteiger partial charge in [-0.25, -0.2) is 9.97 Å². The molecule has 0 N–H and O–H groups in total. The molecule has 0 aliphatic heterocycles. The summed E-state index contributed by atoms with van der Waals surface area (Å²) in [5.41, 5.74) is 13.6. The molecular formula is C51H34N4. The Hall–Kier alpha value is -7.04. The quantitative estimate of drug-likeness (QED) is 0.184. The number of rotatable bonds is 3. The van der Waals surface area contributed by atoms with Gasteiger partial charge < -0.3 is 4.57 Å². The average Bonchev–Trinajstić information content (AvgIpc) is 3.75. The molecule has 1 aliphatic carbocycles. The number of fused-ring (bicyclic) bond motifs is 9. The minimum absolute atomic E-state index is 0.212. The van der Waals surface area contributed by atoms with Crippen LogP contribution in [0.4, 0.5) is 0 Å². The summed E-state index contributed by atoms with van der Waals surface area (Å²) in [5.74, 6) is 0.666. The lowest BCUT2D eigenvalue weighted by atomic mass is 9.68. The van der Waals surface area contributed by atoms with Gasteiger partial charge in [-0.1, -0.05) is 135 Å². The van der Waals surface area contributed by atoms with E-state index < -0.39 is 0 Å². The SMILES string of the molecule is CC1(C)c2cc3c(cc2-c2cccc4cccc1c24)c1ccccc1n3-c1nc(-c2cccc3c2c2ccccc2n3-c2ccccc2)c2ccccc2n1. The molecule has 0 radical (unpaired) electrons. The summed E-state index contributed by atoms with van der Waals surface area (Å²) < 4.78 is 4.67. The van der Waals surface area contributed by atoms with Crippen molar-refractivity contribution in [2.75, 3.05) is 0 Å². The highest BCUT2D eigenvalue weighted by Gasteiger charge is 2.34. The fraction of sp³-hybridized carbons (Fsp3) is 0.0588. The van der Waals surface area contributed by atoms with Crippen molar-refractivity contribution in [1.82, 2.24) is 19.1 Å². The second-order valence-corrected chi connectivity index (χ2v) is 15.4. The van der Waals surface area contributed by atoms with Gasteiger partial charge in [-0.2, -0.15) is 0 Å². The second kappa shape index (κ2) is 11.0. The Balaban J connectivity index is 1.18. The van der Waals surface area contributed by atoms with E-state index in [1.165, 1.54) is 60.1 Å². The molecule has 0 amide bonds. The number of hydrogen-bond acceptors (Lipinski definition) is 2. The highest BCUT2D eigenvalue weighted by atomic mass is 15.2. The number of benzene rings is 8. The molecule has 0 unspecified atom stereocenters. The maximum atomic E-state index is 5.61. The van der Waals surface area contributed by atoms with Gasteiger partial charge in [0.1, 0.15) is 0 Å². The van der Waals surface area contributed by atoms with Crippen LogP contribution in [0.2, 0.25) is 0 Å². The molecule has 0 saturated heterocycles. The van der Waals surface area contributed by atoms with Gasteiger partial charge in [0.2, 0.25) is 5.95 Å². The van der Waals surface area contributed by atoms with E-state index in [1.54, 1.807) is 0 Å². The Labute approximate surface area is 317 Å². The Morgan fingerprint density at radius 3 is 1.91 bits per heavy atom. The van der Waals surface area contributed by atoms with Crippen LogP contribution in [0.5, 0.6) is 0 Å². The smallest absolute Gasteiger partial charge is 0.235 e. The molecule has 0 spiro atoms. The van der Waals surface area contributed by atoms with Gasteiger partial charge in [0.15, 0.2) is 0 Å². The van der Waals surface area contributed by atoms with Crippen molar-refractivity contribution >= 4 is 65.3 Å². The van der Waals surface area contributed by atoms with Crippen LogP contribution >= 0.6 is 0 Å². The lowest BCUT2D eigenvalue weighted by molar-refractivity contribution is 0.646. The summed E-state index contributed by atoms with van der Waals surface area (Å²) in [6.45, 7) is 4.74. The van der Waals surface area contributed by atoms with Gasteiger partial charge in [0.05, 0.1) is 33.3 Å². The predicted molar refractivity (Wildman–Crippen MR) is 229 cm³/mol. The largest absolute Gasteiger partial charge is 0.309 e. The fourth-order valence-electron chi connectivity index (χ4n) is 9.64. The monoisotopic (exact) mass is 702 g/mol. The first kappa shape index (κ1) is 30.4. The van der Waals surface area contributed by atoms with Gasteiger partial charge in [-0.3, -0.25) is 4.57 Å². The summed E-state index contributed by atoms with van der Waals surface area (Å²) in [6.07, 6.45) is 0. The van der Waals surface area contributed by atoms with Crippen molar-refractivity contribution in [3.63, 3.8) is 0 Å². The molecule has 12 rings (SSSR count). The molecule has 0 bridgehead atoms. The second-order valence-electron chi connectivity index (χ2n) is 15.4. The highest BCUT2D eigenvalue weighted by Crippen LogP contribution is 2.51. The van der Waals surface area contributed by atoms with E-state index in [4.69, 9.17) is 9.97 Å². The minimum Gasteiger partial charge on any atom is -0.309 e. The van der Waals surface area contributed by atoms with Crippen molar-refractivity contribution in [3.8, 4) is 34.0 Å². The number of nitrogens with zero attached hydrogens (tertiary/aromatic N) is 4. The predicted octanol–water partition coefficient (Wildman–Crippen LogP) is 13.0. The fourth-order valence-corrected chi connectivity index (χ4v) is 9.64. The van der Waals surface area contributed by atoms with Gasteiger partial charge >= 0.3 is 0 Å². The van der Waals surface area contributed by atoms with E-state index in [-0.39, 0.29) is 5.41 Å². The van der Waals surface area contributed by atoms with Crippen molar-refractivity contribution in [1.29, 1.82) is 0 Å². The standard InChI is InChI=1S/C51H34N4/c1-51(2)40-24-13-16-31-15-12-22-34(47(31)40)38-29-39-33-19-7-10-26-43(33)55(46(39)30-41(38)51)50-52-42-25-9-6-20-35(42)49(53-50)37-23-14-28-45-48(37)36-21-8-11-27-44(36)54(45)32-17-4-3-5-18-32/h3-30H,1-2H3. The van der Waals surface area contributed by atoms with Crippen LogP contribution in [0.1, 0.15) is 25.0 Å². The van der Waals surface area contributed by atoms with E-state index in [0.717, 1.165) is 44.4 Å². The van der Waals surface area contributed by atoms with Crippen LogP contribution in [-0.2, 0) is 5.41 Å². The maximum absolute atomic E-state index is 5.61. The molecule has 1 aliphatic rings.